The Balaban J connectivity index is 1.89. The summed E-state index contributed by atoms with van der Waals surface area (Å²) in [5.41, 5.74) is 3.78. The van der Waals surface area contributed by atoms with Crippen LogP contribution in [0.2, 0.25) is 5.28 Å². The SMILES string of the molecule is Cc1cc(NCCc2cscn2)nc(Cl)n1. The zero-order chi connectivity index (χ0) is 11.4. The summed E-state index contributed by atoms with van der Waals surface area (Å²) < 4.78 is 0. The van der Waals surface area contributed by atoms with Crippen LogP contribution in [-0.4, -0.2) is 21.5 Å². The fraction of sp³-hybridized carbons (Fsp3) is 0.300. The summed E-state index contributed by atoms with van der Waals surface area (Å²) in [4.78, 5) is 12.3. The summed E-state index contributed by atoms with van der Waals surface area (Å²) in [7, 11) is 0. The molecule has 84 valence electrons. The van der Waals surface area contributed by atoms with Gasteiger partial charge in [-0.1, -0.05) is 0 Å². The second-order valence-electron chi connectivity index (χ2n) is 3.32. The molecule has 0 amide bonds. The molecule has 0 bridgehead atoms. The maximum atomic E-state index is 5.76. The van der Waals surface area contributed by atoms with Crippen molar-refractivity contribution in [2.75, 3.05) is 11.9 Å². The van der Waals surface area contributed by atoms with Crippen LogP contribution >= 0.6 is 22.9 Å². The van der Waals surface area contributed by atoms with E-state index < -0.39 is 0 Å². The van der Waals surface area contributed by atoms with Gasteiger partial charge < -0.3 is 5.32 Å². The highest BCUT2D eigenvalue weighted by Gasteiger charge is 2.00. The molecular weight excluding hydrogens is 244 g/mol. The Labute approximate surface area is 103 Å². The van der Waals surface area contributed by atoms with Gasteiger partial charge in [-0.05, 0) is 18.5 Å². The molecule has 2 rings (SSSR count). The summed E-state index contributed by atoms with van der Waals surface area (Å²) in [5.74, 6) is 0.757. The van der Waals surface area contributed by atoms with Crippen molar-refractivity contribution in [2.24, 2.45) is 0 Å². The smallest absolute Gasteiger partial charge is 0.224 e. The van der Waals surface area contributed by atoms with E-state index in [1.807, 2.05) is 23.9 Å². The molecule has 2 aromatic rings. The summed E-state index contributed by atoms with van der Waals surface area (Å²) >= 11 is 7.36. The Hall–Kier alpha value is -1.20. The number of aryl methyl sites for hydroxylation is 1. The molecule has 2 heterocycles. The molecule has 0 fully saturated rings. The molecule has 1 N–H and O–H groups in total. The number of halogens is 1. The number of nitrogens with zero attached hydrogens (tertiary/aromatic N) is 3. The van der Waals surface area contributed by atoms with Crippen LogP contribution in [0, 0.1) is 6.92 Å². The zero-order valence-electron chi connectivity index (χ0n) is 8.77. The summed E-state index contributed by atoms with van der Waals surface area (Å²) in [6.45, 7) is 2.68. The lowest BCUT2D eigenvalue weighted by Crippen LogP contribution is -2.07. The van der Waals surface area contributed by atoms with E-state index in [2.05, 4.69) is 20.3 Å². The van der Waals surface area contributed by atoms with Crippen LogP contribution in [0.4, 0.5) is 5.82 Å². The van der Waals surface area contributed by atoms with Gasteiger partial charge in [0.2, 0.25) is 5.28 Å². The van der Waals surface area contributed by atoms with Gasteiger partial charge in [0.15, 0.2) is 0 Å². The van der Waals surface area contributed by atoms with Gasteiger partial charge in [0.1, 0.15) is 5.82 Å². The Morgan fingerprint density at radius 1 is 1.44 bits per heavy atom. The molecule has 16 heavy (non-hydrogen) atoms. The van der Waals surface area contributed by atoms with Crippen LogP contribution in [0.1, 0.15) is 11.4 Å². The van der Waals surface area contributed by atoms with Crippen LogP contribution in [-0.2, 0) is 6.42 Å². The average Bonchev–Trinajstić information content (AvgIpc) is 2.69. The van der Waals surface area contributed by atoms with Gasteiger partial charge in [-0.2, -0.15) is 0 Å². The van der Waals surface area contributed by atoms with Gasteiger partial charge in [0.05, 0.1) is 11.2 Å². The quantitative estimate of drug-likeness (QED) is 0.852. The number of hydrogen-bond donors (Lipinski definition) is 1. The molecule has 0 spiro atoms. The Bertz CT molecular complexity index is 438. The van der Waals surface area contributed by atoms with Gasteiger partial charge in [0, 0.05) is 30.1 Å². The first-order chi connectivity index (χ1) is 7.74. The first kappa shape index (κ1) is 11.3. The largest absolute Gasteiger partial charge is 0.370 e. The second kappa shape index (κ2) is 5.23. The number of thiazole rings is 1. The molecule has 0 radical (unpaired) electrons. The predicted octanol–water partition coefficient (Wildman–Crippen LogP) is 2.55. The minimum atomic E-state index is 0.274. The zero-order valence-corrected chi connectivity index (χ0v) is 10.3. The van der Waals surface area contributed by atoms with Gasteiger partial charge in [-0.3, -0.25) is 0 Å². The van der Waals surface area contributed by atoms with E-state index in [1.165, 1.54) is 0 Å². The van der Waals surface area contributed by atoms with Crippen LogP contribution in [0.3, 0.4) is 0 Å². The predicted molar refractivity (Wildman–Crippen MR) is 66.1 cm³/mol. The van der Waals surface area contributed by atoms with Crippen LogP contribution in [0.25, 0.3) is 0 Å². The highest BCUT2D eigenvalue weighted by atomic mass is 35.5. The van der Waals surface area contributed by atoms with Crippen molar-refractivity contribution < 1.29 is 0 Å². The van der Waals surface area contributed by atoms with E-state index >= 15 is 0 Å². The third-order valence-corrected chi connectivity index (χ3v) is 2.80. The Morgan fingerprint density at radius 3 is 3.00 bits per heavy atom. The van der Waals surface area contributed by atoms with Gasteiger partial charge in [-0.25, -0.2) is 15.0 Å². The van der Waals surface area contributed by atoms with E-state index in [9.17, 15) is 0 Å². The number of anilines is 1. The molecule has 2 aromatic heterocycles. The Morgan fingerprint density at radius 2 is 2.31 bits per heavy atom. The lowest BCUT2D eigenvalue weighted by Gasteiger charge is -2.05. The number of hydrogen-bond acceptors (Lipinski definition) is 5. The fourth-order valence-electron chi connectivity index (χ4n) is 1.30. The third-order valence-electron chi connectivity index (χ3n) is 2.00. The average molecular weight is 255 g/mol. The van der Waals surface area contributed by atoms with E-state index in [0.29, 0.717) is 0 Å². The maximum Gasteiger partial charge on any atom is 0.224 e. The first-order valence-electron chi connectivity index (χ1n) is 4.86. The minimum absolute atomic E-state index is 0.274. The minimum Gasteiger partial charge on any atom is -0.370 e. The van der Waals surface area contributed by atoms with Gasteiger partial charge in [0.25, 0.3) is 0 Å². The van der Waals surface area contributed by atoms with E-state index in [0.717, 1.165) is 30.2 Å². The van der Waals surface area contributed by atoms with Gasteiger partial charge >= 0.3 is 0 Å². The maximum absolute atomic E-state index is 5.76. The Kier molecular flexibility index (Phi) is 3.69. The molecular formula is C10H11ClN4S. The lowest BCUT2D eigenvalue weighted by atomic mass is 10.3. The van der Waals surface area contributed by atoms with Crippen molar-refractivity contribution >= 4 is 28.8 Å². The standard InChI is InChI=1S/C10H11ClN4S/c1-7-4-9(15-10(11)14-7)12-3-2-8-5-16-6-13-8/h4-6H,2-3H2,1H3,(H,12,14,15). The molecule has 0 aromatic carbocycles. The number of aromatic nitrogens is 3. The molecule has 0 aliphatic rings. The first-order valence-corrected chi connectivity index (χ1v) is 6.18. The van der Waals surface area contributed by atoms with E-state index in [1.54, 1.807) is 11.3 Å². The van der Waals surface area contributed by atoms with Crippen molar-refractivity contribution in [3.05, 3.63) is 33.6 Å². The van der Waals surface area contributed by atoms with Crippen molar-refractivity contribution in [1.29, 1.82) is 0 Å². The summed E-state index contributed by atoms with van der Waals surface area (Å²) in [6.07, 6.45) is 0.879. The molecule has 0 saturated heterocycles. The molecule has 4 nitrogen and oxygen atoms in total. The second-order valence-corrected chi connectivity index (χ2v) is 4.38. The van der Waals surface area contributed by atoms with Crippen LogP contribution in [0.5, 0.6) is 0 Å². The molecule has 6 heteroatoms. The highest BCUT2D eigenvalue weighted by Crippen LogP contribution is 2.10. The van der Waals surface area contributed by atoms with Crippen LogP contribution < -0.4 is 5.32 Å². The number of rotatable bonds is 4. The molecule has 0 aliphatic carbocycles. The normalized spacial score (nSPS) is 10.4. The lowest BCUT2D eigenvalue weighted by molar-refractivity contribution is 0.961. The van der Waals surface area contributed by atoms with Crippen molar-refractivity contribution in [3.8, 4) is 0 Å². The molecule has 0 saturated carbocycles. The van der Waals surface area contributed by atoms with Crippen molar-refractivity contribution in [2.45, 2.75) is 13.3 Å². The summed E-state index contributed by atoms with van der Waals surface area (Å²) in [5, 5.41) is 5.51. The highest BCUT2D eigenvalue weighted by molar-refractivity contribution is 7.07. The van der Waals surface area contributed by atoms with E-state index in [-0.39, 0.29) is 5.28 Å². The van der Waals surface area contributed by atoms with Gasteiger partial charge in [-0.15, -0.1) is 11.3 Å². The monoisotopic (exact) mass is 254 g/mol. The number of nitrogens with one attached hydrogen (secondary N) is 1. The van der Waals surface area contributed by atoms with Crippen LogP contribution in [0.15, 0.2) is 17.0 Å². The van der Waals surface area contributed by atoms with Crippen molar-refractivity contribution in [3.63, 3.8) is 0 Å². The molecule has 0 aliphatic heterocycles. The van der Waals surface area contributed by atoms with Crippen molar-refractivity contribution in [1.82, 2.24) is 15.0 Å². The molecule has 0 atom stereocenters. The molecule has 0 unspecified atom stereocenters. The fourth-order valence-corrected chi connectivity index (χ4v) is 2.12. The van der Waals surface area contributed by atoms with E-state index in [4.69, 9.17) is 11.6 Å². The third kappa shape index (κ3) is 3.15. The summed E-state index contributed by atoms with van der Waals surface area (Å²) in [6, 6.07) is 1.87. The topological polar surface area (TPSA) is 50.7 Å².